The molecule has 1 heteroatoms. The maximum absolute atomic E-state index is 3.62. The first-order chi connectivity index (χ1) is 5.17. The molecule has 66 valence electrons. The van der Waals surface area contributed by atoms with Gasteiger partial charge >= 0.3 is 0 Å². The molecule has 0 N–H and O–H groups in total. The van der Waals surface area contributed by atoms with E-state index in [0.717, 1.165) is 5.92 Å². The van der Waals surface area contributed by atoms with Gasteiger partial charge in [0.15, 0.2) is 0 Å². The number of alkyl halides is 1. The van der Waals surface area contributed by atoms with Crippen LogP contribution in [0.25, 0.3) is 0 Å². The molecule has 1 aliphatic rings. The first kappa shape index (κ1) is 9.57. The smallest absolute Gasteiger partial charge is 0.00647 e. The van der Waals surface area contributed by atoms with Crippen LogP contribution in [0, 0.1) is 11.3 Å². The van der Waals surface area contributed by atoms with Crippen molar-refractivity contribution in [1.82, 2.24) is 0 Å². The van der Waals surface area contributed by atoms with Crippen molar-refractivity contribution in [3.05, 3.63) is 0 Å². The molecule has 11 heavy (non-hydrogen) atoms. The highest BCUT2D eigenvalue weighted by molar-refractivity contribution is 9.09. The molecule has 0 nitrogen and oxygen atoms in total. The molecular weight excluding hydrogens is 200 g/mol. The van der Waals surface area contributed by atoms with Gasteiger partial charge in [0, 0.05) is 5.33 Å². The van der Waals surface area contributed by atoms with Crippen molar-refractivity contribution in [2.24, 2.45) is 11.3 Å². The molecule has 0 aromatic heterocycles. The minimum Gasteiger partial charge on any atom is -0.0925 e. The molecule has 0 amide bonds. The Kier molecular flexibility index (Phi) is 3.42. The predicted octanol–water partition coefficient (Wildman–Crippen LogP) is 3.99. The highest BCUT2D eigenvalue weighted by Crippen LogP contribution is 2.39. The van der Waals surface area contributed by atoms with E-state index in [4.69, 9.17) is 0 Å². The van der Waals surface area contributed by atoms with Crippen molar-refractivity contribution in [2.45, 2.75) is 46.0 Å². The Labute approximate surface area is 78.9 Å². The van der Waals surface area contributed by atoms with E-state index >= 15 is 0 Å². The molecule has 1 unspecified atom stereocenters. The zero-order valence-electron chi connectivity index (χ0n) is 7.70. The Morgan fingerprint density at radius 2 is 2.00 bits per heavy atom. The minimum atomic E-state index is 0.583. The maximum Gasteiger partial charge on any atom is 0.00647 e. The lowest BCUT2D eigenvalue weighted by atomic mass is 9.76. The number of hydrogen-bond acceptors (Lipinski definition) is 0. The Bertz CT molecular complexity index is 118. The predicted molar refractivity (Wildman–Crippen MR) is 54.2 cm³/mol. The molecule has 0 saturated heterocycles. The SMILES string of the molecule is CC1(C)CCCCCC1CBr. The van der Waals surface area contributed by atoms with Gasteiger partial charge in [-0.1, -0.05) is 49.0 Å². The molecule has 0 aliphatic heterocycles. The summed E-state index contributed by atoms with van der Waals surface area (Å²) in [6, 6.07) is 0. The van der Waals surface area contributed by atoms with Gasteiger partial charge in [0.25, 0.3) is 0 Å². The fourth-order valence-electron chi connectivity index (χ4n) is 2.03. The van der Waals surface area contributed by atoms with Crippen LogP contribution < -0.4 is 0 Å². The standard InChI is InChI=1S/C10H19Br/c1-10(2)7-5-3-4-6-9(10)8-11/h9H,3-8H2,1-2H3. The van der Waals surface area contributed by atoms with E-state index < -0.39 is 0 Å². The Morgan fingerprint density at radius 1 is 1.27 bits per heavy atom. The summed E-state index contributed by atoms with van der Waals surface area (Å²) in [5.74, 6) is 0.907. The summed E-state index contributed by atoms with van der Waals surface area (Å²) in [5.41, 5.74) is 0.583. The van der Waals surface area contributed by atoms with Crippen LogP contribution >= 0.6 is 15.9 Å². The van der Waals surface area contributed by atoms with Crippen LogP contribution in [-0.2, 0) is 0 Å². The minimum absolute atomic E-state index is 0.583. The van der Waals surface area contributed by atoms with Gasteiger partial charge in [-0.25, -0.2) is 0 Å². The van der Waals surface area contributed by atoms with Gasteiger partial charge in [-0.3, -0.25) is 0 Å². The topological polar surface area (TPSA) is 0 Å². The van der Waals surface area contributed by atoms with Gasteiger partial charge < -0.3 is 0 Å². The molecule has 1 rings (SSSR count). The van der Waals surface area contributed by atoms with Crippen molar-refractivity contribution in [1.29, 1.82) is 0 Å². The van der Waals surface area contributed by atoms with Crippen LogP contribution in [0.3, 0.4) is 0 Å². The third kappa shape index (κ3) is 2.47. The Morgan fingerprint density at radius 3 is 2.64 bits per heavy atom. The van der Waals surface area contributed by atoms with Crippen LogP contribution in [-0.4, -0.2) is 5.33 Å². The molecule has 1 aliphatic carbocycles. The van der Waals surface area contributed by atoms with Crippen molar-refractivity contribution in [3.63, 3.8) is 0 Å². The molecule has 0 heterocycles. The van der Waals surface area contributed by atoms with Gasteiger partial charge in [0.05, 0.1) is 0 Å². The monoisotopic (exact) mass is 218 g/mol. The lowest BCUT2D eigenvalue weighted by Crippen LogP contribution is -2.23. The lowest BCUT2D eigenvalue weighted by Gasteiger charge is -2.31. The highest BCUT2D eigenvalue weighted by atomic mass is 79.9. The van der Waals surface area contributed by atoms with Gasteiger partial charge in [-0.15, -0.1) is 0 Å². The van der Waals surface area contributed by atoms with Crippen molar-refractivity contribution < 1.29 is 0 Å². The summed E-state index contributed by atoms with van der Waals surface area (Å²) >= 11 is 3.62. The van der Waals surface area contributed by atoms with E-state index in [9.17, 15) is 0 Å². The zero-order chi connectivity index (χ0) is 8.32. The Hall–Kier alpha value is 0.480. The summed E-state index contributed by atoms with van der Waals surface area (Å²) in [6.45, 7) is 4.84. The molecule has 0 bridgehead atoms. The first-order valence-corrected chi connectivity index (χ1v) is 5.85. The summed E-state index contributed by atoms with van der Waals surface area (Å²) in [7, 11) is 0. The summed E-state index contributed by atoms with van der Waals surface area (Å²) in [6.07, 6.45) is 7.19. The number of halogens is 1. The average molecular weight is 219 g/mol. The van der Waals surface area contributed by atoms with E-state index in [-0.39, 0.29) is 0 Å². The second-order valence-electron chi connectivity index (χ2n) is 4.44. The molecule has 1 saturated carbocycles. The van der Waals surface area contributed by atoms with Crippen LogP contribution in [0.5, 0.6) is 0 Å². The molecular formula is C10H19Br. The van der Waals surface area contributed by atoms with Crippen LogP contribution in [0.1, 0.15) is 46.0 Å². The van der Waals surface area contributed by atoms with Crippen LogP contribution in [0.4, 0.5) is 0 Å². The Balaban J connectivity index is 2.56. The van der Waals surface area contributed by atoms with Crippen molar-refractivity contribution >= 4 is 15.9 Å². The van der Waals surface area contributed by atoms with E-state index in [2.05, 4.69) is 29.8 Å². The molecule has 0 spiro atoms. The van der Waals surface area contributed by atoms with Crippen molar-refractivity contribution in [2.75, 3.05) is 5.33 Å². The quantitative estimate of drug-likeness (QED) is 0.462. The summed E-state index contributed by atoms with van der Waals surface area (Å²) in [5, 5.41) is 1.19. The van der Waals surface area contributed by atoms with Gasteiger partial charge in [-0.2, -0.15) is 0 Å². The van der Waals surface area contributed by atoms with Gasteiger partial charge in [0.2, 0.25) is 0 Å². The van der Waals surface area contributed by atoms with E-state index in [1.807, 2.05) is 0 Å². The van der Waals surface area contributed by atoms with E-state index in [1.54, 1.807) is 0 Å². The second-order valence-corrected chi connectivity index (χ2v) is 5.09. The largest absolute Gasteiger partial charge is 0.0925 e. The summed E-state index contributed by atoms with van der Waals surface area (Å²) < 4.78 is 0. The maximum atomic E-state index is 3.62. The third-order valence-corrected chi connectivity index (χ3v) is 3.95. The molecule has 0 radical (unpaired) electrons. The first-order valence-electron chi connectivity index (χ1n) is 4.73. The fourth-order valence-corrected chi connectivity index (χ4v) is 3.23. The molecule has 1 atom stereocenters. The van der Waals surface area contributed by atoms with Gasteiger partial charge in [0.1, 0.15) is 0 Å². The summed E-state index contributed by atoms with van der Waals surface area (Å²) in [4.78, 5) is 0. The van der Waals surface area contributed by atoms with E-state index in [1.165, 1.54) is 37.4 Å². The fraction of sp³-hybridized carbons (Fsp3) is 1.00. The third-order valence-electron chi connectivity index (χ3n) is 3.17. The highest BCUT2D eigenvalue weighted by Gasteiger charge is 2.29. The lowest BCUT2D eigenvalue weighted by molar-refractivity contribution is 0.220. The van der Waals surface area contributed by atoms with Gasteiger partial charge in [-0.05, 0) is 24.2 Å². The normalized spacial score (nSPS) is 31.4. The molecule has 0 aromatic rings. The van der Waals surface area contributed by atoms with Crippen LogP contribution in [0.15, 0.2) is 0 Å². The molecule has 1 fully saturated rings. The van der Waals surface area contributed by atoms with Crippen LogP contribution in [0.2, 0.25) is 0 Å². The van der Waals surface area contributed by atoms with E-state index in [0.29, 0.717) is 5.41 Å². The second kappa shape index (κ2) is 3.93. The average Bonchev–Trinajstić information content (AvgIpc) is 2.10. The van der Waals surface area contributed by atoms with Crippen molar-refractivity contribution in [3.8, 4) is 0 Å². The molecule has 0 aromatic carbocycles. The number of hydrogen-bond donors (Lipinski definition) is 0. The number of rotatable bonds is 1. The zero-order valence-corrected chi connectivity index (χ0v) is 9.28.